The molecule has 0 saturated carbocycles. The average molecular weight is 551 g/mol. The van der Waals surface area contributed by atoms with Gasteiger partial charge in [0, 0.05) is 21.4 Å². The second kappa shape index (κ2) is 12.2. The number of carbonyl (C=O) groups is 1. The van der Waals surface area contributed by atoms with Crippen LogP contribution in [0.25, 0.3) is 5.69 Å². The van der Waals surface area contributed by atoms with Crippen molar-refractivity contribution in [3.05, 3.63) is 94.7 Å². The van der Waals surface area contributed by atoms with Crippen LogP contribution in [0, 0.1) is 0 Å². The predicted molar refractivity (Wildman–Crippen MR) is 142 cm³/mol. The number of thioether (sulfide) groups is 1. The fourth-order valence-electron chi connectivity index (χ4n) is 3.22. The van der Waals surface area contributed by atoms with Gasteiger partial charge in [-0.05, 0) is 42.5 Å². The Morgan fingerprint density at radius 2 is 1.83 bits per heavy atom. The maximum Gasteiger partial charge on any atom is 0.250 e. The van der Waals surface area contributed by atoms with Crippen LogP contribution in [0.3, 0.4) is 0 Å². The number of aromatic nitrogens is 3. The van der Waals surface area contributed by atoms with Crippen LogP contribution < -0.4 is 15.5 Å². The number of carbonyl (C=O) groups excluding carboxylic acids is 1. The quantitative estimate of drug-likeness (QED) is 0.166. The minimum absolute atomic E-state index is 0.129. The second-order valence-electron chi connectivity index (χ2n) is 7.26. The molecule has 10 heteroatoms. The number of anilines is 1. The van der Waals surface area contributed by atoms with E-state index in [4.69, 9.17) is 4.74 Å². The second-order valence-corrected chi connectivity index (χ2v) is 9.12. The Bertz CT molecular complexity index is 1300. The van der Waals surface area contributed by atoms with Gasteiger partial charge in [-0.3, -0.25) is 9.36 Å². The molecule has 0 radical (unpaired) electrons. The van der Waals surface area contributed by atoms with Crippen LogP contribution in [0.2, 0.25) is 0 Å². The third-order valence-corrected chi connectivity index (χ3v) is 6.28. The molecule has 0 aliphatic rings. The lowest BCUT2D eigenvalue weighted by Crippen LogP contribution is -2.20. The van der Waals surface area contributed by atoms with E-state index in [9.17, 15) is 4.79 Å². The number of rotatable bonds is 10. The molecule has 3 aromatic carbocycles. The zero-order chi connectivity index (χ0) is 24.5. The smallest absolute Gasteiger partial charge is 0.250 e. The van der Waals surface area contributed by atoms with E-state index in [1.807, 2.05) is 83.4 Å². The maximum absolute atomic E-state index is 12.4. The summed E-state index contributed by atoms with van der Waals surface area (Å²) in [6.07, 6.45) is 1.55. The van der Waals surface area contributed by atoms with Crippen molar-refractivity contribution in [2.45, 2.75) is 11.7 Å². The maximum atomic E-state index is 12.4. The van der Waals surface area contributed by atoms with Crippen molar-refractivity contribution in [1.82, 2.24) is 20.2 Å². The summed E-state index contributed by atoms with van der Waals surface area (Å²) in [5.74, 6) is 1.27. The Kier molecular flexibility index (Phi) is 8.53. The van der Waals surface area contributed by atoms with Crippen LogP contribution in [0.5, 0.6) is 5.75 Å². The Labute approximate surface area is 215 Å². The SMILES string of the molecule is COc1ccc(Br)cc1/C=N/NC(=O)CSc1nnc(CNc2ccccc2)n1-c1ccccc1. The summed E-state index contributed by atoms with van der Waals surface area (Å²) in [5.41, 5.74) is 5.21. The number of amides is 1. The molecule has 0 unspecified atom stereocenters. The first-order valence-electron chi connectivity index (χ1n) is 10.7. The molecule has 1 aromatic heterocycles. The number of methoxy groups -OCH3 is 1. The molecule has 0 spiro atoms. The van der Waals surface area contributed by atoms with E-state index in [-0.39, 0.29) is 11.7 Å². The minimum atomic E-state index is -0.258. The van der Waals surface area contributed by atoms with Crippen LogP contribution in [0.1, 0.15) is 11.4 Å². The van der Waals surface area contributed by atoms with Crippen molar-refractivity contribution in [2.75, 3.05) is 18.2 Å². The average Bonchev–Trinajstić information content (AvgIpc) is 3.30. The molecule has 2 N–H and O–H groups in total. The van der Waals surface area contributed by atoms with Crippen molar-refractivity contribution in [2.24, 2.45) is 5.10 Å². The Balaban J connectivity index is 1.42. The van der Waals surface area contributed by atoms with E-state index in [1.165, 1.54) is 11.8 Å². The number of nitrogens with one attached hydrogen (secondary N) is 2. The molecule has 35 heavy (non-hydrogen) atoms. The highest BCUT2D eigenvalue weighted by molar-refractivity contribution is 9.10. The molecule has 0 aliphatic heterocycles. The highest BCUT2D eigenvalue weighted by atomic mass is 79.9. The molecule has 1 amide bonds. The van der Waals surface area contributed by atoms with Gasteiger partial charge in [0.1, 0.15) is 5.75 Å². The van der Waals surface area contributed by atoms with Gasteiger partial charge in [0.05, 0.1) is 25.6 Å². The summed E-state index contributed by atoms with van der Waals surface area (Å²) < 4.78 is 8.15. The van der Waals surface area contributed by atoms with Gasteiger partial charge in [-0.25, -0.2) is 5.43 Å². The predicted octanol–water partition coefficient (Wildman–Crippen LogP) is 4.89. The molecule has 0 atom stereocenters. The zero-order valence-corrected chi connectivity index (χ0v) is 21.3. The lowest BCUT2D eigenvalue weighted by Gasteiger charge is -2.11. The van der Waals surface area contributed by atoms with Crippen LogP contribution in [-0.2, 0) is 11.3 Å². The Morgan fingerprint density at radius 1 is 1.09 bits per heavy atom. The van der Waals surface area contributed by atoms with Gasteiger partial charge in [0.2, 0.25) is 0 Å². The standard InChI is InChI=1S/C25H23BrN6O2S/c1-34-22-13-12-19(26)14-18(22)15-28-30-24(33)17-35-25-31-29-23(16-27-20-8-4-2-5-9-20)32(25)21-10-6-3-7-11-21/h2-15,27H,16-17H2,1H3,(H,30,33)/b28-15+. The molecule has 4 rings (SSSR count). The molecule has 0 aliphatic carbocycles. The first-order valence-corrected chi connectivity index (χ1v) is 12.5. The lowest BCUT2D eigenvalue weighted by molar-refractivity contribution is -0.118. The molecule has 0 fully saturated rings. The number of benzene rings is 3. The first kappa shape index (κ1) is 24.5. The molecular weight excluding hydrogens is 528 g/mol. The Morgan fingerprint density at radius 3 is 2.57 bits per heavy atom. The number of hydrogen-bond acceptors (Lipinski definition) is 7. The number of ether oxygens (including phenoxy) is 1. The van der Waals surface area contributed by atoms with Gasteiger partial charge in [-0.1, -0.05) is 64.1 Å². The molecule has 178 valence electrons. The summed E-state index contributed by atoms with van der Waals surface area (Å²) >= 11 is 4.71. The number of hydrogen-bond donors (Lipinski definition) is 2. The fourth-order valence-corrected chi connectivity index (χ4v) is 4.37. The minimum Gasteiger partial charge on any atom is -0.496 e. The normalized spacial score (nSPS) is 10.9. The van der Waals surface area contributed by atoms with Crippen LogP contribution in [-0.4, -0.2) is 39.7 Å². The summed E-state index contributed by atoms with van der Waals surface area (Å²) in [7, 11) is 1.59. The molecule has 0 bridgehead atoms. The zero-order valence-electron chi connectivity index (χ0n) is 18.9. The van der Waals surface area contributed by atoms with Gasteiger partial charge in [0.15, 0.2) is 11.0 Å². The van der Waals surface area contributed by atoms with E-state index >= 15 is 0 Å². The molecule has 1 heterocycles. The van der Waals surface area contributed by atoms with Gasteiger partial charge < -0.3 is 10.1 Å². The highest BCUT2D eigenvalue weighted by Crippen LogP contribution is 2.23. The van der Waals surface area contributed by atoms with Gasteiger partial charge in [-0.15, -0.1) is 10.2 Å². The monoisotopic (exact) mass is 550 g/mol. The van der Waals surface area contributed by atoms with Crippen molar-refractivity contribution in [1.29, 1.82) is 0 Å². The number of hydrazone groups is 1. The number of nitrogens with zero attached hydrogens (tertiary/aromatic N) is 4. The third kappa shape index (κ3) is 6.71. The molecule has 0 saturated heterocycles. The third-order valence-electron chi connectivity index (χ3n) is 4.86. The van der Waals surface area contributed by atoms with Gasteiger partial charge in [0.25, 0.3) is 5.91 Å². The topological polar surface area (TPSA) is 93.4 Å². The van der Waals surface area contributed by atoms with Crippen LogP contribution >= 0.6 is 27.7 Å². The summed E-state index contributed by atoms with van der Waals surface area (Å²) in [6.45, 7) is 0.484. The van der Waals surface area contributed by atoms with Crippen molar-refractivity contribution < 1.29 is 9.53 Å². The van der Waals surface area contributed by atoms with E-state index in [0.29, 0.717) is 17.5 Å². The van der Waals surface area contributed by atoms with Crippen LogP contribution in [0.4, 0.5) is 5.69 Å². The van der Waals surface area contributed by atoms with E-state index in [0.717, 1.165) is 27.2 Å². The summed E-state index contributed by atoms with van der Waals surface area (Å²) in [6, 6.07) is 25.3. The van der Waals surface area contributed by atoms with Crippen molar-refractivity contribution in [3.8, 4) is 11.4 Å². The van der Waals surface area contributed by atoms with Crippen molar-refractivity contribution in [3.63, 3.8) is 0 Å². The summed E-state index contributed by atoms with van der Waals surface area (Å²) in [4.78, 5) is 12.4. The lowest BCUT2D eigenvalue weighted by atomic mass is 10.2. The summed E-state index contributed by atoms with van der Waals surface area (Å²) in [5, 5.41) is 16.7. The fraction of sp³-hybridized carbons (Fsp3) is 0.120. The molecular formula is C25H23BrN6O2S. The van der Waals surface area contributed by atoms with Gasteiger partial charge >= 0.3 is 0 Å². The van der Waals surface area contributed by atoms with Crippen LogP contribution in [0.15, 0.2) is 93.6 Å². The molecule has 4 aromatic rings. The largest absolute Gasteiger partial charge is 0.496 e. The Hall–Kier alpha value is -3.63. The van der Waals surface area contributed by atoms with Gasteiger partial charge in [-0.2, -0.15) is 5.10 Å². The number of halogens is 1. The number of para-hydroxylation sites is 2. The highest BCUT2D eigenvalue weighted by Gasteiger charge is 2.15. The van der Waals surface area contributed by atoms with E-state index in [2.05, 4.69) is 42.0 Å². The van der Waals surface area contributed by atoms with Crippen molar-refractivity contribution >= 4 is 45.5 Å². The van der Waals surface area contributed by atoms with E-state index in [1.54, 1.807) is 13.3 Å². The first-order chi connectivity index (χ1) is 17.1. The van der Waals surface area contributed by atoms with E-state index < -0.39 is 0 Å². The molecule has 8 nitrogen and oxygen atoms in total.